The summed E-state index contributed by atoms with van der Waals surface area (Å²) in [5, 5.41) is 9.98. The highest BCUT2D eigenvalue weighted by atomic mass is 19.4. The van der Waals surface area contributed by atoms with Crippen molar-refractivity contribution in [1.29, 1.82) is 5.41 Å². The molecule has 0 bridgehead atoms. The Bertz CT molecular complexity index is 850. The summed E-state index contributed by atoms with van der Waals surface area (Å²) in [5.74, 6) is -0.712. The van der Waals surface area contributed by atoms with Gasteiger partial charge in [-0.3, -0.25) is 9.78 Å². The highest BCUT2D eigenvalue weighted by molar-refractivity contribution is 6.09. The third kappa shape index (κ3) is 8.59. The van der Waals surface area contributed by atoms with E-state index in [2.05, 4.69) is 10.3 Å². The van der Waals surface area contributed by atoms with Crippen LogP contribution < -0.4 is 11.1 Å². The van der Waals surface area contributed by atoms with Gasteiger partial charge in [-0.05, 0) is 36.6 Å². The molecule has 0 aliphatic heterocycles. The van der Waals surface area contributed by atoms with Gasteiger partial charge in [0.25, 0.3) is 0 Å². The topological polar surface area (TPSA) is 91.9 Å². The Morgan fingerprint density at radius 1 is 1.34 bits per heavy atom. The van der Waals surface area contributed by atoms with E-state index in [1.54, 1.807) is 33.0 Å². The first-order chi connectivity index (χ1) is 13.6. The molecule has 156 valence electrons. The Kier molecular flexibility index (Phi) is 9.05. The van der Waals surface area contributed by atoms with E-state index in [-0.39, 0.29) is 11.5 Å². The standard InChI is InChI=1S/C21H25F3N4O/c1-14(2)16(10-21(22,23)24)5-4-15(3)28-20(29)7-6-17-13-27-9-8-19(17)18(11-25)12-26/h4-9,11-14,25H,10,26H2,1-3H3,(H,28,29)/b7-6+,15-4+,16-5-,18-12+,25-11?. The molecule has 0 unspecified atom stereocenters. The second-order valence-corrected chi connectivity index (χ2v) is 6.59. The predicted molar refractivity (Wildman–Crippen MR) is 110 cm³/mol. The van der Waals surface area contributed by atoms with Crippen LogP contribution in [-0.4, -0.2) is 23.3 Å². The van der Waals surface area contributed by atoms with Crippen molar-refractivity contribution in [3.63, 3.8) is 0 Å². The van der Waals surface area contributed by atoms with Crippen LogP contribution in [-0.2, 0) is 4.79 Å². The molecule has 0 aliphatic rings. The number of pyridine rings is 1. The van der Waals surface area contributed by atoms with Crippen LogP contribution in [0.4, 0.5) is 13.2 Å². The lowest BCUT2D eigenvalue weighted by atomic mass is 9.99. The van der Waals surface area contributed by atoms with Gasteiger partial charge in [-0.15, -0.1) is 0 Å². The summed E-state index contributed by atoms with van der Waals surface area (Å²) in [7, 11) is 0. The summed E-state index contributed by atoms with van der Waals surface area (Å²) in [4.78, 5) is 16.1. The quantitative estimate of drug-likeness (QED) is 0.335. The number of halogens is 3. The number of nitrogens with zero attached hydrogens (tertiary/aromatic N) is 1. The van der Waals surface area contributed by atoms with E-state index in [9.17, 15) is 18.0 Å². The Balaban J connectivity index is 2.91. The molecule has 0 saturated carbocycles. The van der Waals surface area contributed by atoms with Gasteiger partial charge in [-0.25, -0.2) is 0 Å². The molecule has 1 aromatic heterocycles. The Hall–Kier alpha value is -3.16. The predicted octanol–water partition coefficient (Wildman–Crippen LogP) is 4.60. The number of rotatable bonds is 8. The summed E-state index contributed by atoms with van der Waals surface area (Å²) in [5.41, 5.74) is 7.85. The van der Waals surface area contributed by atoms with E-state index in [0.717, 1.165) is 6.21 Å². The monoisotopic (exact) mass is 406 g/mol. The maximum absolute atomic E-state index is 12.6. The van der Waals surface area contributed by atoms with Crippen LogP contribution in [0, 0.1) is 11.3 Å². The van der Waals surface area contributed by atoms with Crippen molar-refractivity contribution in [2.24, 2.45) is 11.7 Å². The summed E-state index contributed by atoms with van der Waals surface area (Å²) >= 11 is 0. The van der Waals surface area contributed by atoms with E-state index >= 15 is 0 Å². The van der Waals surface area contributed by atoms with Gasteiger partial charge in [0.2, 0.25) is 5.91 Å². The van der Waals surface area contributed by atoms with Crippen molar-refractivity contribution in [2.75, 3.05) is 0 Å². The smallest absolute Gasteiger partial charge is 0.392 e. The molecule has 0 aromatic carbocycles. The van der Waals surface area contributed by atoms with E-state index in [1.807, 2.05) is 0 Å². The van der Waals surface area contributed by atoms with Gasteiger partial charge < -0.3 is 16.5 Å². The molecule has 1 aromatic rings. The van der Waals surface area contributed by atoms with Crippen LogP contribution in [0.2, 0.25) is 0 Å². The van der Waals surface area contributed by atoms with Gasteiger partial charge in [0.1, 0.15) is 0 Å². The summed E-state index contributed by atoms with van der Waals surface area (Å²) < 4.78 is 37.9. The molecule has 4 N–H and O–H groups in total. The SMILES string of the molecule is C/C(=C\C=C(\CC(F)(F)F)C(C)C)NC(=O)/C=C/c1cnccc1/C(C=N)=C/N. The van der Waals surface area contributed by atoms with Crippen molar-refractivity contribution in [1.82, 2.24) is 10.3 Å². The average molecular weight is 406 g/mol. The summed E-state index contributed by atoms with van der Waals surface area (Å²) in [6, 6.07) is 1.67. The minimum Gasteiger partial charge on any atom is -0.404 e. The zero-order chi connectivity index (χ0) is 22.0. The minimum atomic E-state index is -4.28. The van der Waals surface area contributed by atoms with E-state index < -0.39 is 18.5 Å². The Morgan fingerprint density at radius 3 is 2.59 bits per heavy atom. The van der Waals surface area contributed by atoms with Gasteiger partial charge in [-0.2, -0.15) is 13.2 Å². The normalized spacial score (nSPS) is 13.8. The van der Waals surface area contributed by atoms with Gasteiger partial charge in [-0.1, -0.05) is 25.5 Å². The zero-order valence-electron chi connectivity index (χ0n) is 16.5. The molecular weight excluding hydrogens is 381 g/mol. The third-order valence-corrected chi connectivity index (χ3v) is 3.93. The number of hydrogen-bond donors (Lipinski definition) is 3. The number of hydrogen-bond acceptors (Lipinski definition) is 4. The fourth-order valence-electron chi connectivity index (χ4n) is 2.38. The lowest BCUT2D eigenvalue weighted by molar-refractivity contribution is -0.128. The fourth-order valence-corrected chi connectivity index (χ4v) is 2.38. The summed E-state index contributed by atoms with van der Waals surface area (Å²) in [6.07, 6.45) is 5.83. The molecule has 5 nitrogen and oxygen atoms in total. The number of alkyl halides is 3. The number of amides is 1. The van der Waals surface area contributed by atoms with Gasteiger partial charge in [0.15, 0.2) is 0 Å². The molecule has 1 heterocycles. The van der Waals surface area contributed by atoms with Crippen LogP contribution >= 0.6 is 0 Å². The maximum Gasteiger partial charge on any atom is 0.392 e. The molecule has 0 radical (unpaired) electrons. The maximum atomic E-state index is 12.6. The molecule has 0 fully saturated rings. The number of allylic oxidation sites excluding steroid dienone is 5. The zero-order valence-corrected chi connectivity index (χ0v) is 16.5. The van der Waals surface area contributed by atoms with Crippen molar-refractivity contribution in [3.8, 4) is 0 Å². The molecule has 0 aliphatic carbocycles. The van der Waals surface area contributed by atoms with Crippen LogP contribution in [0.15, 0.2) is 54.2 Å². The van der Waals surface area contributed by atoms with Crippen LogP contribution in [0.25, 0.3) is 11.6 Å². The second kappa shape index (κ2) is 11.0. The number of nitrogens with one attached hydrogen (secondary N) is 2. The molecule has 0 spiro atoms. The van der Waals surface area contributed by atoms with Gasteiger partial charge >= 0.3 is 6.18 Å². The Morgan fingerprint density at radius 2 is 2.03 bits per heavy atom. The molecule has 1 amide bonds. The first-order valence-corrected chi connectivity index (χ1v) is 8.87. The van der Waals surface area contributed by atoms with Crippen LogP contribution in [0.5, 0.6) is 0 Å². The van der Waals surface area contributed by atoms with Crippen molar-refractivity contribution in [2.45, 2.75) is 33.4 Å². The van der Waals surface area contributed by atoms with Crippen LogP contribution in [0.3, 0.4) is 0 Å². The lowest BCUT2D eigenvalue weighted by Crippen LogP contribution is -2.18. The van der Waals surface area contributed by atoms with E-state index in [0.29, 0.717) is 22.4 Å². The molecule has 0 atom stereocenters. The van der Waals surface area contributed by atoms with Crippen molar-refractivity contribution in [3.05, 3.63) is 65.3 Å². The van der Waals surface area contributed by atoms with E-state index in [1.165, 1.54) is 36.7 Å². The number of aromatic nitrogens is 1. The fraction of sp³-hybridized carbons (Fsp3) is 0.286. The van der Waals surface area contributed by atoms with Crippen molar-refractivity contribution < 1.29 is 18.0 Å². The highest BCUT2D eigenvalue weighted by Gasteiger charge is 2.29. The van der Waals surface area contributed by atoms with Gasteiger partial charge in [0, 0.05) is 47.7 Å². The third-order valence-electron chi connectivity index (χ3n) is 3.93. The lowest BCUT2D eigenvalue weighted by Gasteiger charge is -2.13. The minimum absolute atomic E-state index is 0.231. The molecular formula is C21H25F3N4O. The molecule has 8 heteroatoms. The largest absolute Gasteiger partial charge is 0.404 e. The summed E-state index contributed by atoms with van der Waals surface area (Å²) in [6.45, 7) is 4.96. The first-order valence-electron chi connectivity index (χ1n) is 8.87. The van der Waals surface area contributed by atoms with Crippen LogP contribution in [0.1, 0.15) is 38.3 Å². The second-order valence-electron chi connectivity index (χ2n) is 6.59. The van der Waals surface area contributed by atoms with Crippen molar-refractivity contribution >= 4 is 23.8 Å². The number of carbonyl (C=O) groups excluding carboxylic acids is 1. The Labute approximate surface area is 168 Å². The van der Waals surface area contributed by atoms with Gasteiger partial charge in [0.05, 0.1) is 6.42 Å². The number of carbonyl (C=O) groups is 1. The van der Waals surface area contributed by atoms with E-state index in [4.69, 9.17) is 11.1 Å². The number of nitrogens with two attached hydrogens (primary N) is 1. The first kappa shape index (κ1) is 23.9. The average Bonchev–Trinajstić information content (AvgIpc) is 2.64. The molecule has 0 saturated heterocycles. The molecule has 29 heavy (non-hydrogen) atoms. The molecule has 1 rings (SSSR count). The highest BCUT2D eigenvalue weighted by Crippen LogP contribution is 2.28.